The number of rotatable bonds is 10. The van der Waals surface area contributed by atoms with Crippen molar-refractivity contribution in [3.63, 3.8) is 0 Å². The number of furan rings is 1. The molecule has 4 rings (SSSR count). The number of carbonyl (C=O) groups is 1. The quantitative estimate of drug-likeness (QED) is 0.449. The zero-order chi connectivity index (χ0) is 23.0. The van der Waals surface area contributed by atoms with Crippen molar-refractivity contribution in [1.29, 1.82) is 0 Å². The van der Waals surface area contributed by atoms with Crippen molar-refractivity contribution in [2.24, 2.45) is 0 Å². The summed E-state index contributed by atoms with van der Waals surface area (Å²) in [6.07, 6.45) is 2.47. The number of nitrogens with zero attached hydrogens (tertiary/aromatic N) is 2. The van der Waals surface area contributed by atoms with E-state index in [4.69, 9.17) is 16.0 Å². The first-order valence-electron chi connectivity index (χ1n) is 11.4. The summed E-state index contributed by atoms with van der Waals surface area (Å²) in [5, 5.41) is 3.62. The Balaban J connectivity index is 1.39. The van der Waals surface area contributed by atoms with E-state index in [9.17, 15) is 9.18 Å². The molecule has 0 saturated carbocycles. The molecule has 2 heterocycles. The van der Waals surface area contributed by atoms with E-state index < -0.39 is 0 Å². The van der Waals surface area contributed by atoms with Crippen LogP contribution in [0.5, 0.6) is 0 Å². The molecule has 3 aromatic rings. The van der Waals surface area contributed by atoms with E-state index in [0.29, 0.717) is 42.7 Å². The minimum Gasteiger partial charge on any atom is -0.455 e. The second kappa shape index (κ2) is 11.5. The number of halogens is 2. The lowest BCUT2D eigenvalue weighted by Crippen LogP contribution is -2.33. The maximum absolute atomic E-state index is 13.7. The Morgan fingerprint density at radius 1 is 1.00 bits per heavy atom. The Kier molecular flexibility index (Phi) is 8.15. The van der Waals surface area contributed by atoms with Crippen molar-refractivity contribution in [1.82, 2.24) is 15.1 Å². The van der Waals surface area contributed by atoms with Crippen molar-refractivity contribution in [2.45, 2.75) is 32.5 Å². The first-order chi connectivity index (χ1) is 16.0. The van der Waals surface area contributed by atoms with Gasteiger partial charge < -0.3 is 14.6 Å². The van der Waals surface area contributed by atoms with Crippen LogP contribution in [0.3, 0.4) is 0 Å². The van der Waals surface area contributed by atoms with Crippen molar-refractivity contribution in [3.8, 4) is 0 Å². The minimum absolute atomic E-state index is 0.199. The average molecular weight is 470 g/mol. The van der Waals surface area contributed by atoms with Crippen molar-refractivity contribution < 1.29 is 13.6 Å². The molecule has 33 heavy (non-hydrogen) atoms. The van der Waals surface area contributed by atoms with Crippen LogP contribution in [0.15, 0.2) is 65.1 Å². The van der Waals surface area contributed by atoms with Crippen molar-refractivity contribution in [3.05, 3.63) is 94.2 Å². The van der Waals surface area contributed by atoms with Crippen LogP contribution in [0.4, 0.5) is 4.39 Å². The smallest absolute Gasteiger partial charge is 0.287 e. The Bertz CT molecular complexity index is 1050. The molecule has 1 saturated heterocycles. The van der Waals surface area contributed by atoms with Crippen LogP contribution in [-0.4, -0.2) is 41.9 Å². The van der Waals surface area contributed by atoms with E-state index in [-0.39, 0.29) is 11.7 Å². The summed E-state index contributed by atoms with van der Waals surface area (Å²) in [5.41, 5.74) is 1.96. The highest BCUT2D eigenvalue weighted by Crippen LogP contribution is 2.18. The molecule has 0 atom stereocenters. The van der Waals surface area contributed by atoms with Gasteiger partial charge in [-0.2, -0.15) is 0 Å². The SMILES string of the molecule is O=C(NCCN1CCCC1)c1ccc(CN(Cc2ccc(Cl)cc2)Cc2cccc(F)c2)o1. The monoisotopic (exact) mass is 469 g/mol. The van der Waals surface area contributed by atoms with Gasteiger partial charge in [-0.1, -0.05) is 35.9 Å². The predicted molar refractivity (Wildman–Crippen MR) is 128 cm³/mol. The fraction of sp³-hybridized carbons (Fsp3) is 0.346. The lowest BCUT2D eigenvalue weighted by atomic mass is 10.1. The zero-order valence-corrected chi connectivity index (χ0v) is 19.4. The minimum atomic E-state index is -0.259. The highest BCUT2D eigenvalue weighted by Gasteiger charge is 2.16. The lowest BCUT2D eigenvalue weighted by molar-refractivity contribution is 0.0917. The normalized spacial score (nSPS) is 14.2. The molecular weight excluding hydrogens is 441 g/mol. The number of nitrogens with one attached hydrogen (secondary N) is 1. The van der Waals surface area contributed by atoms with Crippen LogP contribution in [0.25, 0.3) is 0 Å². The van der Waals surface area contributed by atoms with Gasteiger partial charge in [0.15, 0.2) is 5.76 Å². The highest BCUT2D eigenvalue weighted by molar-refractivity contribution is 6.30. The summed E-state index contributed by atoms with van der Waals surface area (Å²) in [6.45, 7) is 5.34. The van der Waals surface area contributed by atoms with Crippen molar-refractivity contribution in [2.75, 3.05) is 26.2 Å². The molecule has 0 radical (unpaired) electrons. The van der Waals surface area contributed by atoms with E-state index in [1.807, 2.05) is 36.4 Å². The summed E-state index contributed by atoms with van der Waals surface area (Å²) in [6, 6.07) is 17.8. The lowest BCUT2D eigenvalue weighted by Gasteiger charge is -2.21. The Morgan fingerprint density at radius 3 is 2.52 bits per heavy atom. The molecule has 0 unspecified atom stereocenters. The third kappa shape index (κ3) is 7.16. The van der Waals surface area contributed by atoms with Crippen LogP contribution >= 0.6 is 11.6 Å². The molecule has 2 aromatic carbocycles. The van der Waals surface area contributed by atoms with Gasteiger partial charge in [0.2, 0.25) is 0 Å². The van der Waals surface area contributed by atoms with Gasteiger partial charge >= 0.3 is 0 Å². The van der Waals surface area contributed by atoms with Crippen LogP contribution in [0, 0.1) is 5.82 Å². The molecule has 1 aliphatic rings. The summed E-state index contributed by atoms with van der Waals surface area (Å²) in [4.78, 5) is 17.0. The highest BCUT2D eigenvalue weighted by atomic mass is 35.5. The fourth-order valence-electron chi connectivity index (χ4n) is 4.14. The Hall–Kier alpha value is -2.67. The molecule has 5 nitrogen and oxygen atoms in total. The van der Waals surface area contributed by atoms with Gasteiger partial charge in [0.05, 0.1) is 6.54 Å². The van der Waals surface area contributed by atoms with Crippen LogP contribution in [0.2, 0.25) is 5.02 Å². The molecule has 0 spiro atoms. The molecule has 0 aliphatic carbocycles. The van der Waals surface area contributed by atoms with Gasteiger partial charge in [-0.05, 0) is 73.5 Å². The average Bonchev–Trinajstić information content (AvgIpc) is 3.48. The van der Waals surface area contributed by atoms with Crippen LogP contribution in [-0.2, 0) is 19.6 Å². The molecule has 1 aliphatic heterocycles. The van der Waals surface area contributed by atoms with Gasteiger partial charge in [-0.15, -0.1) is 0 Å². The fourth-order valence-corrected chi connectivity index (χ4v) is 4.26. The number of hydrogen-bond acceptors (Lipinski definition) is 4. The van der Waals surface area contributed by atoms with Crippen LogP contribution < -0.4 is 5.32 Å². The number of benzene rings is 2. The van der Waals surface area contributed by atoms with E-state index in [1.165, 1.54) is 25.0 Å². The van der Waals surface area contributed by atoms with Gasteiger partial charge in [0, 0.05) is 31.2 Å². The summed E-state index contributed by atoms with van der Waals surface area (Å²) in [5.74, 6) is 0.535. The molecule has 174 valence electrons. The molecule has 1 aromatic heterocycles. The topological polar surface area (TPSA) is 48.7 Å². The van der Waals surface area contributed by atoms with E-state index >= 15 is 0 Å². The van der Waals surface area contributed by atoms with E-state index in [1.54, 1.807) is 12.1 Å². The first kappa shape index (κ1) is 23.5. The number of amides is 1. The molecule has 7 heteroatoms. The maximum Gasteiger partial charge on any atom is 0.287 e. The van der Waals surface area contributed by atoms with Crippen LogP contribution in [0.1, 0.15) is 40.3 Å². The third-order valence-electron chi connectivity index (χ3n) is 5.79. The molecular formula is C26H29ClFN3O2. The first-order valence-corrected chi connectivity index (χ1v) is 11.7. The molecule has 1 fully saturated rings. The Morgan fingerprint density at radius 2 is 1.76 bits per heavy atom. The molecule has 0 bridgehead atoms. The zero-order valence-electron chi connectivity index (χ0n) is 18.6. The standard InChI is InChI=1S/C26H29ClFN3O2/c27-22-8-6-20(7-9-22)17-31(18-21-4-3-5-23(28)16-21)19-24-10-11-25(33-24)26(32)29-12-15-30-13-1-2-14-30/h3-11,16H,1-2,12-15,17-19H2,(H,29,32). The van der Waals surface area contributed by atoms with Gasteiger partial charge in [-0.3, -0.25) is 9.69 Å². The predicted octanol–water partition coefficient (Wildman–Crippen LogP) is 5.10. The molecule has 1 N–H and O–H groups in total. The number of likely N-dealkylation sites (tertiary alicyclic amines) is 1. The van der Waals surface area contributed by atoms with Gasteiger partial charge in [0.25, 0.3) is 5.91 Å². The van der Waals surface area contributed by atoms with E-state index in [0.717, 1.165) is 30.8 Å². The summed E-state index contributed by atoms with van der Waals surface area (Å²) < 4.78 is 19.6. The van der Waals surface area contributed by atoms with Crippen molar-refractivity contribution >= 4 is 17.5 Å². The van der Waals surface area contributed by atoms with E-state index in [2.05, 4.69) is 15.1 Å². The second-order valence-corrected chi connectivity index (χ2v) is 8.91. The number of hydrogen-bond donors (Lipinski definition) is 1. The van der Waals surface area contributed by atoms with Gasteiger partial charge in [-0.25, -0.2) is 4.39 Å². The number of carbonyl (C=O) groups excluding carboxylic acids is 1. The Labute approximate surface area is 199 Å². The maximum atomic E-state index is 13.7. The third-order valence-corrected chi connectivity index (χ3v) is 6.04. The summed E-state index contributed by atoms with van der Waals surface area (Å²) >= 11 is 6.02. The summed E-state index contributed by atoms with van der Waals surface area (Å²) in [7, 11) is 0. The molecule has 1 amide bonds. The van der Waals surface area contributed by atoms with Gasteiger partial charge in [0.1, 0.15) is 11.6 Å². The second-order valence-electron chi connectivity index (χ2n) is 8.47. The largest absolute Gasteiger partial charge is 0.455 e.